The summed E-state index contributed by atoms with van der Waals surface area (Å²) in [6.45, 7) is 1.69. The molecule has 5 nitrogen and oxygen atoms in total. The number of alkyl halides is 3. The third-order valence-electron chi connectivity index (χ3n) is 5.15. The predicted octanol–water partition coefficient (Wildman–Crippen LogP) is 5.99. The van der Waals surface area contributed by atoms with Gasteiger partial charge in [0.2, 0.25) is 0 Å². The monoisotopic (exact) mass is 463 g/mol. The number of nitrogens with zero attached hydrogens (tertiary/aromatic N) is 2. The van der Waals surface area contributed by atoms with E-state index in [0.717, 1.165) is 22.5 Å². The number of hydrogen-bond acceptors (Lipinski definition) is 4. The first-order valence-electron chi connectivity index (χ1n) is 10.4. The van der Waals surface area contributed by atoms with Crippen molar-refractivity contribution >= 4 is 22.5 Å². The van der Waals surface area contributed by atoms with Gasteiger partial charge in [0, 0.05) is 22.7 Å². The van der Waals surface area contributed by atoms with Crippen LogP contribution in [0.25, 0.3) is 10.9 Å². The van der Waals surface area contributed by atoms with E-state index in [2.05, 4.69) is 15.5 Å². The smallest absolute Gasteiger partial charge is 0.417 e. The highest BCUT2D eigenvalue weighted by atomic mass is 19.4. The molecule has 4 rings (SSSR count). The van der Waals surface area contributed by atoms with E-state index < -0.39 is 17.6 Å². The zero-order chi connectivity index (χ0) is 24.1. The van der Waals surface area contributed by atoms with Crippen molar-refractivity contribution in [1.29, 1.82) is 0 Å². The molecule has 0 unspecified atom stereocenters. The lowest BCUT2D eigenvalue weighted by Gasteiger charge is -2.12. The minimum atomic E-state index is -4.52. The Balaban J connectivity index is 1.41. The van der Waals surface area contributed by atoms with Gasteiger partial charge in [0.15, 0.2) is 0 Å². The first-order valence-corrected chi connectivity index (χ1v) is 10.4. The lowest BCUT2D eigenvalue weighted by molar-refractivity contribution is -0.137. The van der Waals surface area contributed by atoms with Crippen LogP contribution in [0.3, 0.4) is 0 Å². The average molecular weight is 463 g/mol. The van der Waals surface area contributed by atoms with Crippen LogP contribution in [0.1, 0.15) is 34.0 Å². The molecule has 0 atom stereocenters. The summed E-state index contributed by atoms with van der Waals surface area (Å²) in [5.74, 6) is 0.124. The van der Waals surface area contributed by atoms with Crippen LogP contribution in [0.4, 0.5) is 13.2 Å². The van der Waals surface area contributed by atoms with Gasteiger partial charge in [0.25, 0.3) is 5.91 Å². The molecule has 0 saturated heterocycles. The number of carbonyl (C=O) groups excluding carboxylic acids is 1. The van der Waals surface area contributed by atoms with Crippen molar-refractivity contribution in [3.05, 3.63) is 107 Å². The number of amides is 1. The van der Waals surface area contributed by atoms with Crippen LogP contribution < -0.4 is 10.2 Å². The van der Waals surface area contributed by atoms with Crippen molar-refractivity contribution in [2.45, 2.75) is 19.7 Å². The van der Waals surface area contributed by atoms with Crippen LogP contribution in [0, 0.1) is 0 Å². The van der Waals surface area contributed by atoms with Crippen LogP contribution in [-0.4, -0.2) is 16.6 Å². The molecule has 34 heavy (non-hydrogen) atoms. The van der Waals surface area contributed by atoms with Gasteiger partial charge in [-0.1, -0.05) is 48.5 Å². The Morgan fingerprint density at radius 2 is 1.71 bits per heavy atom. The van der Waals surface area contributed by atoms with Gasteiger partial charge in [-0.2, -0.15) is 18.3 Å². The number of halogens is 3. The molecular formula is C26H20F3N3O2. The highest BCUT2D eigenvalue weighted by molar-refractivity contribution is 6.02. The zero-order valence-corrected chi connectivity index (χ0v) is 18.1. The molecule has 172 valence electrons. The van der Waals surface area contributed by atoms with Crippen molar-refractivity contribution in [3.63, 3.8) is 0 Å². The molecule has 3 aromatic carbocycles. The number of para-hydroxylation sites is 1. The summed E-state index contributed by atoms with van der Waals surface area (Å²) < 4.78 is 45.5. The summed E-state index contributed by atoms with van der Waals surface area (Å²) in [6.07, 6.45) is -2.81. The highest BCUT2D eigenvalue weighted by Crippen LogP contribution is 2.32. The molecule has 8 heteroatoms. The number of benzene rings is 3. The van der Waals surface area contributed by atoms with Crippen molar-refractivity contribution < 1.29 is 22.7 Å². The summed E-state index contributed by atoms with van der Waals surface area (Å²) >= 11 is 0. The number of aromatic nitrogens is 1. The minimum Gasteiger partial charge on any atom is -0.487 e. The maximum atomic E-state index is 13.2. The minimum absolute atomic E-state index is 0.0509. The quantitative estimate of drug-likeness (QED) is 0.282. The Morgan fingerprint density at radius 1 is 0.971 bits per heavy atom. The first kappa shape index (κ1) is 23.0. The van der Waals surface area contributed by atoms with Crippen LogP contribution in [0.5, 0.6) is 5.75 Å². The first-order chi connectivity index (χ1) is 16.3. The lowest BCUT2D eigenvalue weighted by atomic mass is 10.0. The maximum Gasteiger partial charge on any atom is 0.417 e. The molecule has 0 aliphatic heterocycles. The standard InChI is InChI=1S/C26H20F3N3O2/c1-17(21-8-2-3-9-22(21)26(27,28)29)31-32-25(33)20-13-11-18(12-14-20)16-34-23-10-4-6-19-7-5-15-30-24(19)23/h2-15H,16H2,1H3,(H,32,33)/b31-17+. The van der Waals surface area contributed by atoms with Crippen LogP contribution in [0.2, 0.25) is 0 Å². The highest BCUT2D eigenvalue weighted by Gasteiger charge is 2.33. The van der Waals surface area contributed by atoms with Gasteiger partial charge in [-0.15, -0.1) is 0 Å². The molecule has 4 aromatic rings. The number of pyridine rings is 1. The molecule has 0 fully saturated rings. The Hall–Kier alpha value is -4.20. The second-order valence-corrected chi connectivity index (χ2v) is 7.50. The van der Waals surface area contributed by atoms with Gasteiger partial charge in [0.1, 0.15) is 17.9 Å². The Labute approximate surface area is 193 Å². The molecule has 0 aliphatic rings. The molecule has 0 aliphatic carbocycles. The normalized spacial score (nSPS) is 11.9. The average Bonchev–Trinajstić information content (AvgIpc) is 2.85. The number of nitrogens with one attached hydrogen (secondary N) is 1. The Bertz CT molecular complexity index is 1340. The third kappa shape index (κ3) is 5.23. The van der Waals surface area contributed by atoms with E-state index in [1.165, 1.54) is 25.1 Å². The summed E-state index contributed by atoms with van der Waals surface area (Å²) in [5.41, 5.74) is 3.38. The largest absolute Gasteiger partial charge is 0.487 e. The maximum absolute atomic E-state index is 13.2. The van der Waals surface area contributed by atoms with Gasteiger partial charge in [-0.3, -0.25) is 9.78 Å². The number of hydrogen-bond donors (Lipinski definition) is 1. The topological polar surface area (TPSA) is 63.6 Å². The number of rotatable bonds is 6. The van der Waals surface area contributed by atoms with E-state index in [-0.39, 0.29) is 17.9 Å². The molecule has 0 spiro atoms. The fraction of sp³-hybridized carbons (Fsp3) is 0.115. The van der Waals surface area contributed by atoms with Crippen molar-refractivity contribution in [3.8, 4) is 5.75 Å². The summed E-state index contributed by atoms with van der Waals surface area (Å²) in [7, 11) is 0. The molecule has 0 bridgehead atoms. The van der Waals surface area contributed by atoms with Gasteiger partial charge in [-0.05, 0) is 42.8 Å². The zero-order valence-electron chi connectivity index (χ0n) is 18.1. The fourth-order valence-electron chi connectivity index (χ4n) is 3.41. The number of carbonyl (C=O) groups is 1. The van der Waals surface area contributed by atoms with Gasteiger partial charge < -0.3 is 4.74 Å². The van der Waals surface area contributed by atoms with Crippen molar-refractivity contribution in [2.75, 3.05) is 0 Å². The SMILES string of the molecule is C/C(=N\NC(=O)c1ccc(COc2cccc3cccnc23)cc1)c1ccccc1C(F)(F)F. The third-order valence-corrected chi connectivity index (χ3v) is 5.15. The molecule has 1 N–H and O–H groups in total. The summed E-state index contributed by atoms with van der Waals surface area (Å²) in [4.78, 5) is 16.8. The number of hydrazone groups is 1. The van der Waals surface area contributed by atoms with Gasteiger partial charge in [0.05, 0.1) is 11.3 Å². The summed E-state index contributed by atoms with van der Waals surface area (Å²) in [6, 6.07) is 21.3. The Morgan fingerprint density at radius 3 is 2.47 bits per heavy atom. The molecule has 1 aromatic heterocycles. The molecule has 1 amide bonds. The number of fused-ring (bicyclic) bond motifs is 1. The van der Waals surface area contributed by atoms with E-state index in [1.54, 1.807) is 30.5 Å². The van der Waals surface area contributed by atoms with E-state index in [9.17, 15) is 18.0 Å². The molecule has 0 saturated carbocycles. The molecule has 0 radical (unpaired) electrons. The van der Waals surface area contributed by atoms with Crippen molar-refractivity contribution in [1.82, 2.24) is 10.4 Å². The van der Waals surface area contributed by atoms with Gasteiger partial charge in [-0.25, -0.2) is 5.43 Å². The van der Waals surface area contributed by atoms with E-state index >= 15 is 0 Å². The second kappa shape index (κ2) is 9.74. The van der Waals surface area contributed by atoms with Crippen LogP contribution in [-0.2, 0) is 12.8 Å². The summed E-state index contributed by atoms with van der Waals surface area (Å²) in [5, 5.41) is 4.83. The predicted molar refractivity (Wildman–Crippen MR) is 124 cm³/mol. The van der Waals surface area contributed by atoms with Gasteiger partial charge >= 0.3 is 6.18 Å². The fourth-order valence-corrected chi connectivity index (χ4v) is 3.41. The van der Waals surface area contributed by atoms with Crippen molar-refractivity contribution in [2.24, 2.45) is 5.10 Å². The number of ether oxygens (including phenoxy) is 1. The van der Waals surface area contributed by atoms with Crippen LogP contribution in [0.15, 0.2) is 90.2 Å². The Kier molecular flexibility index (Phi) is 6.58. The van der Waals surface area contributed by atoms with E-state index in [4.69, 9.17) is 4.74 Å². The van der Waals surface area contributed by atoms with Crippen LogP contribution >= 0.6 is 0 Å². The van der Waals surface area contributed by atoms with E-state index in [0.29, 0.717) is 11.3 Å². The second-order valence-electron chi connectivity index (χ2n) is 7.50. The lowest BCUT2D eigenvalue weighted by Crippen LogP contribution is -2.20. The molecule has 1 heterocycles. The molecular weight excluding hydrogens is 443 g/mol. The van der Waals surface area contributed by atoms with E-state index in [1.807, 2.05) is 30.3 Å².